The highest BCUT2D eigenvalue weighted by Crippen LogP contribution is 2.54. The minimum absolute atomic E-state index is 0.167. The van der Waals surface area contributed by atoms with Crippen LogP contribution in [-0.4, -0.2) is 5.91 Å². The Kier molecular flexibility index (Phi) is 3.31. The summed E-state index contributed by atoms with van der Waals surface area (Å²) >= 11 is 8.63. The van der Waals surface area contributed by atoms with Crippen molar-refractivity contribution in [1.82, 2.24) is 0 Å². The highest BCUT2D eigenvalue weighted by atomic mass is 79.9. The van der Waals surface area contributed by atoms with Gasteiger partial charge in [-0.3, -0.25) is 4.79 Å². The predicted octanol–water partition coefficient (Wildman–Crippen LogP) is 4.50. The molecule has 1 amide bonds. The number of fused-ring (bicyclic) bond motifs is 1. The predicted molar refractivity (Wildman–Crippen MR) is 67.3 cm³/mol. The van der Waals surface area contributed by atoms with Gasteiger partial charge in [-0.2, -0.15) is 13.2 Å². The Morgan fingerprint density at radius 3 is 2.33 bits per heavy atom. The third-order valence-corrected chi connectivity index (χ3v) is 4.70. The zero-order valence-corrected chi connectivity index (χ0v) is 12.9. The Bertz CT molecular complexity index is 556. The Labute approximate surface area is 123 Å². The molecule has 0 fully saturated rings. The van der Waals surface area contributed by atoms with E-state index in [1.807, 2.05) is 0 Å². The Morgan fingerprint density at radius 2 is 1.83 bits per heavy atom. The van der Waals surface area contributed by atoms with E-state index in [1.165, 1.54) is 0 Å². The summed E-state index contributed by atoms with van der Waals surface area (Å²) < 4.78 is 49.8. The van der Waals surface area contributed by atoms with Crippen LogP contribution >= 0.6 is 47.8 Å². The number of anilines is 1. The molecule has 0 bridgehead atoms. The molecular formula is C9H2Br3F4NO. The van der Waals surface area contributed by atoms with Crippen molar-refractivity contribution in [3.63, 3.8) is 0 Å². The molecule has 1 N–H and O–H groups in total. The van der Waals surface area contributed by atoms with Crippen LogP contribution in [0.4, 0.5) is 23.2 Å². The van der Waals surface area contributed by atoms with Crippen molar-refractivity contribution in [2.45, 2.75) is 9.41 Å². The normalized spacial score (nSPS) is 17.6. The maximum absolute atomic E-state index is 13.6. The van der Waals surface area contributed by atoms with Crippen molar-refractivity contribution in [1.29, 1.82) is 0 Å². The van der Waals surface area contributed by atoms with E-state index >= 15 is 0 Å². The van der Waals surface area contributed by atoms with Gasteiger partial charge in [0.15, 0.2) is 3.23 Å². The molecule has 1 aliphatic rings. The minimum atomic E-state index is -4.73. The summed E-state index contributed by atoms with van der Waals surface area (Å²) in [4.78, 5) is 11.5. The second kappa shape index (κ2) is 4.17. The average Bonchev–Trinajstić information content (AvgIpc) is 2.43. The third-order valence-electron chi connectivity index (χ3n) is 2.36. The quantitative estimate of drug-likeness (QED) is 0.453. The number of nitrogens with one attached hydrogen (secondary N) is 1. The van der Waals surface area contributed by atoms with E-state index < -0.39 is 31.2 Å². The summed E-state index contributed by atoms with van der Waals surface area (Å²) in [6, 6.07) is 0.338. The lowest BCUT2D eigenvalue weighted by molar-refractivity contribution is -0.138. The summed E-state index contributed by atoms with van der Waals surface area (Å²) in [5, 5.41) is 2.17. The SMILES string of the molecule is O=C1Nc2c(F)cc(C(F)(F)F)c(Br)c2C1(Br)Br. The number of halogens is 7. The van der Waals surface area contributed by atoms with Gasteiger partial charge in [0.25, 0.3) is 5.91 Å². The van der Waals surface area contributed by atoms with Crippen LogP contribution in [0.5, 0.6) is 0 Å². The van der Waals surface area contributed by atoms with Gasteiger partial charge in [-0.25, -0.2) is 4.39 Å². The van der Waals surface area contributed by atoms with Crippen LogP contribution in [0, 0.1) is 5.82 Å². The maximum Gasteiger partial charge on any atom is 0.417 e. The van der Waals surface area contributed by atoms with E-state index in [0.29, 0.717) is 6.07 Å². The maximum atomic E-state index is 13.6. The van der Waals surface area contributed by atoms with Crippen LogP contribution in [0.1, 0.15) is 11.1 Å². The van der Waals surface area contributed by atoms with Crippen LogP contribution in [-0.2, 0) is 14.2 Å². The highest BCUT2D eigenvalue weighted by Gasteiger charge is 2.48. The molecule has 0 saturated carbocycles. The first-order valence-corrected chi connectivity index (χ1v) is 6.73. The molecule has 0 aliphatic carbocycles. The van der Waals surface area contributed by atoms with Crippen molar-refractivity contribution in [2.75, 3.05) is 5.32 Å². The van der Waals surface area contributed by atoms with Crippen molar-refractivity contribution in [3.05, 3.63) is 27.5 Å². The summed E-state index contributed by atoms with van der Waals surface area (Å²) in [7, 11) is 0. The van der Waals surface area contributed by atoms with E-state index in [4.69, 9.17) is 0 Å². The van der Waals surface area contributed by atoms with Crippen molar-refractivity contribution in [3.8, 4) is 0 Å². The molecule has 0 unspecified atom stereocenters. The lowest BCUT2D eigenvalue weighted by Crippen LogP contribution is -2.21. The molecule has 98 valence electrons. The summed E-state index contributed by atoms with van der Waals surface area (Å²) in [5.74, 6) is -1.84. The number of hydrogen-bond donors (Lipinski definition) is 1. The number of amides is 1. The number of carbonyl (C=O) groups excluding carboxylic acids is 1. The van der Waals surface area contributed by atoms with Crippen molar-refractivity contribution in [2.24, 2.45) is 0 Å². The summed E-state index contributed by atoms with van der Waals surface area (Å²) in [5.41, 5.74) is -1.63. The zero-order valence-electron chi connectivity index (χ0n) is 8.13. The van der Waals surface area contributed by atoms with E-state index in [0.717, 1.165) is 0 Å². The third kappa shape index (κ3) is 2.00. The number of benzene rings is 1. The Balaban J connectivity index is 2.80. The fourth-order valence-corrected chi connectivity index (χ4v) is 3.91. The van der Waals surface area contributed by atoms with E-state index in [1.54, 1.807) is 0 Å². The standard InChI is InChI=1S/C9H2Br3F4NO/c10-5-2(9(14,15)16)1-3(13)6-4(5)8(11,12)7(18)17-6/h1H,(H,17,18). The molecular weight excluding hydrogens is 454 g/mol. The van der Waals surface area contributed by atoms with E-state index in [9.17, 15) is 22.4 Å². The second-order valence-electron chi connectivity index (χ2n) is 3.50. The molecule has 0 saturated heterocycles. The molecule has 1 aromatic rings. The van der Waals surface area contributed by atoms with E-state index in [-0.39, 0.29) is 11.3 Å². The van der Waals surface area contributed by atoms with Gasteiger partial charge in [0.1, 0.15) is 5.82 Å². The fourth-order valence-electron chi connectivity index (χ4n) is 1.55. The minimum Gasteiger partial charge on any atom is -0.321 e. The van der Waals surface area contributed by atoms with Gasteiger partial charge >= 0.3 is 6.18 Å². The Hall–Kier alpha value is -0.150. The molecule has 18 heavy (non-hydrogen) atoms. The van der Waals surface area contributed by atoms with Crippen LogP contribution in [0.25, 0.3) is 0 Å². The average molecular weight is 456 g/mol. The zero-order chi connectivity index (χ0) is 13.9. The monoisotopic (exact) mass is 453 g/mol. The van der Waals surface area contributed by atoms with Gasteiger partial charge in [-0.05, 0) is 22.0 Å². The highest BCUT2D eigenvalue weighted by molar-refractivity contribution is 9.25. The van der Waals surface area contributed by atoms with Crippen molar-refractivity contribution < 1.29 is 22.4 Å². The van der Waals surface area contributed by atoms with Crippen LogP contribution in [0.2, 0.25) is 0 Å². The van der Waals surface area contributed by atoms with Gasteiger partial charge in [0.05, 0.1) is 11.3 Å². The lowest BCUT2D eigenvalue weighted by atomic mass is 10.1. The molecule has 0 atom stereocenters. The Morgan fingerprint density at radius 1 is 1.28 bits per heavy atom. The number of alkyl halides is 5. The first-order chi connectivity index (χ1) is 8.06. The number of rotatable bonds is 0. The first-order valence-electron chi connectivity index (χ1n) is 4.35. The van der Waals surface area contributed by atoms with Gasteiger partial charge in [-0.1, -0.05) is 31.9 Å². The molecule has 0 spiro atoms. The first kappa shape index (κ1) is 14.3. The van der Waals surface area contributed by atoms with Gasteiger partial charge in [-0.15, -0.1) is 0 Å². The topological polar surface area (TPSA) is 29.1 Å². The molecule has 2 rings (SSSR count). The number of carbonyl (C=O) groups is 1. The second-order valence-corrected chi connectivity index (χ2v) is 7.73. The largest absolute Gasteiger partial charge is 0.417 e. The molecule has 0 radical (unpaired) electrons. The molecule has 2 nitrogen and oxygen atoms in total. The van der Waals surface area contributed by atoms with Crippen LogP contribution in [0.3, 0.4) is 0 Å². The summed E-state index contributed by atoms with van der Waals surface area (Å²) in [6.07, 6.45) is -4.73. The van der Waals surface area contributed by atoms with Gasteiger partial charge < -0.3 is 5.32 Å². The lowest BCUT2D eigenvalue weighted by Gasteiger charge is -2.17. The van der Waals surface area contributed by atoms with Gasteiger partial charge in [0.2, 0.25) is 0 Å². The fraction of sp³-hybridized carbons (Fsp3) is 0.222. The van der Waals surface area contributed by atoms with Crippen LogP contribution in [0.15, 0.2) is 10.5 Å². The number of hydrogen-bond acceptors (Lipinski definition) is 1. The molecule has 1 aromatic carbocycles. The van der Waals surface area contributed by atoms with Crippen molar-refractivity contribution >= 4 is 59.4 Å². The molecule has 1 aliphatic heterocycles. The van der Waals surface area contributed by atoms with Crippen LogP contribution < -0.4 is 5.32 Å². The summed E-state index contributed by atoms with van der Waals surface area (Å²) in [6.45, 7) is 0. The van der Waals surface area contributed by atoms with Gasteiger partial charge in [0, 0.05) is 10.0 Å². The smallest absolute Gasteiger partial charge is 0.321 e. The van der Waals surface area contributed by atoms with E-state index in [2.05, 4.69) is 53.1 Å². The molecule has 0 aromatic heterocycles. The molecule has 1 heterocycles. The molecule has 9 heteroatoms.